The van der Waals surface area contributed by atoms with Crippen LogP contribution in [0.25, 0.3) is 11.0 Å². The fourth-order valence-corrected chi connectivity index (χ4v) is 3.15. The first-order chi connectivity index (χ1) is 11.2. The summed E-state index contributed by atoms with van der Waals surface area (Å²) in [4.78, 5) is 11.2. The molecule has 1 aliphatic carbocycles. The number of benzene rings is 2. The number of aryl methyl sites for hydroxylation is 1. The van der Waals surface area contributed by atoms with Crippen molar-refractivity contribution >= 4 is 16.9 Å². The van der Waals surface area contributed by atoms with Crippen molar-refractivity contribution < 1.29 is 19.1 Å². The highest BCUT2D eigenvalue weighted by Gasteiger charge is 2.24. The smallest absolute Gasteiger partial charge is 0.306 e. The number of carbonyl (C=O) groups is 1. The van der Waals surface area contributed by atoms with E-state index in [1.165, 1.54) is 5.56 Å². The summed E-state index contributed by atoms with van der Waals surface area (Å²) in [6.45, 7) is 0. The lowest BCUT2D eigenvalue weighted by Crippen LogP contribution is -2.22. The minimum absolute atomic E-state index is 0.292. The van der Waals surface area contributed by atoms with Gasteiger partial charge >= 0.3 is 5.97 Å². The summed E-state index contributed by atoms with van der Waals surface area (Å²) in [7, 11) is 0. The lowest BCUT2D eigenvalue weighted by molar-refractivity contribution is -0.142. The van der Waals surface area contributed by atoms with Crippen molar-refractivity contribution in [2.45, 2.75) is 19.3 Å². The Kier molecular flexibility index (Phi) is 3.30. The van der Waals surface area contributed by atoms with Crippen LogP contribution in [0.1, 0.15) is 17.5 Å². The average molecular weight is 308 g/mol. The number of carboxylic acids is 1. The van der Waals surface area contributed by atoms with Gasteiger partial charge in [-0.1, -0.05) is 6.07 Å². The van der Waals surface area contributed by atoms with Gasteiger partial charge in [0.15, 0.2) is 0 Å². The molecule has 23 heavy (non-hydrogen) atoms. The van der Waals surface area contributed by atoms with Gasteiger partial charge in [0.05, 0.1) is 12.2 Å². The zero-order chi connectivity index (χ0) is 15.8. The molecule has 3 aromatic rings. The lowest BCUT2D eigenvalue weighted by atomic mass is 9.84. The Morgan fingerprint density at radius 1 is 1.09 bits per heavy atom. The molecule has 4 nitrogen and oxygen atoms in total. The van der Waals surface area contributed by atoms with E-state index < -0.39 is 5.97 Å². The SMILES string of the molecule is O=C(O)C1CCc2ccc(Oc3ccc4occc4c3)cc2C1. The third-order valence-corrected chi connectivity index (χ3v) is 4.41. The van der Waals surface area contributed by atoms with Gasteiger partial charge in [0.2, 0.25) is 0 Å². The second kappa shape index (κ2) is 5.47. The highest BCUT2D eigenvalue weighted by molar-refractivity contribution is 5.78. The van der Waals surface area contributed by atoms with Crippen molar-refractivity contribution in [2.24, 2.45) is 5.92 Å². The highest BCUT2D eigenvalue weighted by atomic mass is 16.5. The van der Waals surface area contributed by atoms with Crippen molar-refractivity contribution in [1.29, 1.82) is 0 Å². The van der Waals surface area contributed by atoms with Gasteiger partial charge < -0.3 is 14.3 Å². The Balaban J connectivity index is 1.60. The highest BCUT2D eigenvalue weighted by Crippen LogP contribution is 2.31. The van der Waals surface area contributed by atoms with Crippen molar-refractivity contribution in [3.63, 3.8) is 0 Å². The van der Waals surface area contributed by atoms with Crippen LogP contribution in [0.5, 0.6) is 11.5 Å². The van der Waals surface area contributed by atoms with E-state index in [0.717, 1.165) is 34.5 Å². The number of fused-ring (bicyclic) bond motifs is 2. The molecule has 0 saturated carbocycles. The van der Waals surface area contributed by atoms with E-state index in [1.807, 2.05) is 42.5 Å². The van der Waals surface area contributed by atoms with E-state index >= 15 is 0 Å². The van der Waals surface area contributed by atoms with Gasteiger partial charge in [0.25, 0.3) is 0 Å². The van der Waals surface area contributed by atoms with Gasteiger partial charge in [-0.3, -0.25) is 4.79 Å². The quantitative estimate of drug-likeness (QED) is 0.778. The van der Waals surface area contributed by atoms with Gasteiger partial charge in [0.1, 0.15) is 17.1 Å². The molecule has 1 unspecified atom stereocenters. The van der Waals surface area contributed by atoms with Gasteiger partial charge in [-0.15, -0.1) is 0 Å². The van der Waals surface area contributed by atoms with Gasteiger partial charge in [-0.2, -0.15) is 0 Å². The molecule has 2 aromatic carbocycles. The van der Waals surface area contributed by atoms with Crippen LogP contribution in [0.3, 0.4) is 0 Å². The molecule has 1 aliphatic rings. The van der Waals surface area contributed by atoms with E-state index in [4.69, 9.17) is 9.15 Å². The molecule has 0 spiro atoms. The zero-order valence-corrected chi connectivity index (χ0v) is 12.5. The molecule has 116 valence electrons. The molecule has 4 heteroatoms. The molecule has 1 atom stereocenters. The molecule has 1 N–H and O–H groups in total. The van der Waals surface area contributed by atoms with Crippen LogP contribution in [0.15, 0.2) is 53.1 Å². The van der Waals surface area contributed by atoms with Gasteiger partial charge in [0, 0.05) is 5.39 Å². The third-order valence-electron chi connectivity index (χ3n) is 4.41. The first-order valence-electron chi connectivity index (χ1n) is 7.69. The largest absolute Gasteiger partial charge is 0.481 e. The summed E-state index contributed by atoms with van der Waals surface area (Å²) in [5.41, 5.74) is 3.12. The molecule has 0 radical (unpaired) electrons. The van der Waals surface area contributed by atoms with E-state index in [9.17, 15) is 9.90 Å². The van der Waals surface area contributed by atoms with Crippen LogP contribution in [-0.4, -0.2) is 11.1 Å². The summed E-state index contributed by atoms with van der Waals surface area (Å²) in [5, 5.41) is 10.2. The second-order valence-electron chi connectivity index (χ2n) is 5.93. The number of furan rings is 1. The summed E-state index contributed by atoms with van der Waals surface area (Å²) in [6.07, 6.45) is 3.75. The number of aliphatic carboxylic acids is 1. The van der Waals surface area contributed by atoms with E-state index in [2.05, 4.69) is 0 Å². The summed E-state index contributed by atoms with van der Waals surface area (Å²) in [5.74, 6) is 0.467. The molecule has 1 aromatic heterocycles. The number of rotatable bonds is 3. The Morgan fingerprint density at radius 3 is 2.78 bits per heavy atom. The van der Waals surface area contributed by atoms with E-state index in [-0.39, 0.29) is 5.92 Å². The number of hydrogen-bond acceptors (Lipinski definition) is 3. The number of carboxylic acid groups (broad SMARTS) is 1. The predicted molar refractivity (Wildman–Crippen MR) is 85.9 cm³/mol. The molecule has 4 rings (SSSR count). The maximum absolute atomic E-state index is 11.2. The fourth-order valence-electron chi connectivity index (χ4n) is 3.15. The van der Waals surface area contributed by atoms with Gasteiger partial charge in [-0.05, 0) is 66.8 Å². The first kappa shape index (κ1) is 13.9. The number of hydrogen-bond donors (Lipinski definition) is 1. The molecule has 0 saturated heterocycles. The molecule has 0 bridgehead atoms. The maximum atomic E-state index is 11.2. The normalized spacial score (nSPS) is 17.0. The standard InChI is InChI=1S/C19H16O4/c20-19(21)14-2-1-12-3-4-16(11-15(12)9-14)23-17-5-6-18-13(10-17)7-8-22-18/h3-8,10-11,14H,1-2,9H2,(H,20,21). The minimum Gasteiger partial charge on any atom is -0.481 e. The topological polar surface area (TPSA) is 59.7 Å². The van der Waals surface area contributed by atoms with E-state index in [0.29, 0.717) is 12.8 Å². The molecule has 1 heterocycles. The van der Waals surface area contributed by atoms with Crippen molar-refractivity contribution in [2.75, 3.05) is 0 Å². The van der Waals surface area contributed by atoms with Crippen LogP contribution in [0.4, 0.5) is 0 Å². The minimum atomic E-state index is -0.715. The van der Waals surface area contributed by atoms with Crippen LogP contribution >= 0.6 is 0 Å². The monoisotopic (exact) mass is 308 g/mol. The van der Waals surface area contributed by atoms with E-state index in [1.54, 1.807) is 6.26 Å². The van der Waals surface area contributed by atoms with Gasteiger partial charge in [-0.25, -0.2) is 0 Å². The Bertz CT molecular complexity index is 878. The Morgan fingerprint density at radius 2 is 1.91 bits per heavy atom. The molecule has 0 fully saturated rings. The number of ether oxygens (including phenoxy) is 1. The van der Waals surface area contributed by atoms with Crippen molar-refractivity contribution in [1.82, 2.24) is 0 Å². The molecular weight excluding hydrogens is 292 g/mol. The maximum Gasteiger partial charge on any atom is 0.306 e. The lowest BCUT2D eigenvalue weighted by Gasteiger charge is -2.22. The van der Waals surface area contributed by atoms with Crippen LogP contribution < -0.4 is 4.74 Å². The summed E-state index contributed by atoms with van der Waals surface area (Å²) in [6, 6.07) is 13.5. The summed E-state index contributed by atoms with van der Waals surface area (Å²) >= 11 is 0. The Hall–Kier alpha value is -2.75. The second-order valence-corrected chi connectivity index (χ2v) is 5.93. The molecule has 0 aliphatic heterocycles. The first-order valence-corrected chi connectivity index (χ1v) is 7.69. The van der Waals surface area contributed by atoms with Crippen molar-refractivity contribution in [3.8, 4) is 11.5 Å². The third kappa shape index (κ3) is 2.68. The van der Waals surface area contributed by atoms with Crippen molar-refractivity contribution in [3.05, 3.63) is 59.9 Å². The molecule has 0 amide bonds. The summed E-state index contributed by atoms with van der Waals surface area (Å²) < 4.78 is 11.2. The Labute approximate surface area is 133 Å². The zero-order valence-electron chi connectivity index (χ0n) is 12.5. The average Bonchev–Trinajstić information content (AvgIpc) is 3.02. The fraction of sp³-hybridized carbons (Fsp3) is 0.211. The molecular formula is C19H16O4. The predicted octanol–water partition coefficient (Wildman–Crippen LogP) is 4.41. The van der Waals surface area contributed by atoms with Crippen LogP contribution in [0, 0.1) is 5.92 Å². The van der Waals surface area contributed by atoms with Crippen LogP contribution in [-0.2, 0) is 17.6 Å². The van der Waals surface area contributed by atoms with Crippen LogP contribution in [0.2, 0.25) is 0 Å².